The minimum absolute atomic E-state index is 0.237. The van der Waals surface area contributed by atoms with Crippen molar-refractivity contribution in [3.8, 4) is 0 Å². The summed E-state index contributed by atoms with van der Waals surface area (Å²) in [5.41, 5.74) is 0.970. The van der Waals surface area contributed by atoms with Gasteiger partial charge in [0.05, 0.1) is 22.7 Å². The van der Waals surface area contributed by atoms with Gasteiger partial charge in [-0.1, -0.05) is 11.3 Å². The number of carbonyl (C=O) groups is 1. The van der Waals surface area contributed by atoms with E-state index < -0.39 is 0 Å². The number of imidazole rings is 1. The van der Waals surface area contributed by atoms with Crippen LogP contribution in [0, 0.1) is 0 Å². The topological polar surface area (TPSA) is 52.8 Å². The van der Waals surface area contributed by atoms with Gasteiger partial charge in [-0.15, -0.1) is 0 Å². The van der Waals surface area contributed by atoms with Crippen LogP contribution in [0.5, 0.6) is 0 Å². The van der Waals surface area contributed by atoms with Gasteiger partial charge in [-0.2, -0.15) is 0 Å². The molecule has 2 aromatic rings. The van der Waals surface area contributed by atoms with Gasteiger partial charge in [0.15, 0.2) is 10.7 Å². The second kappa shape index (κ2) is 4.55. The van der Waals surface area contributed by atoms with E-state index in [9.17, 15) is 4.79 Å². The molecule has 0 aromatic carbocycles. The largest absolute Gasteiger partial charge is 0.461 e. The molecule has 2 aromatic heterocycles. The number of thiazole rings is 1. The van der Waals surface area contributed by atoms with Crippen molar-refractivity contribution < 1.29 is 14.3 Å². The average Bonchev–Trinajstić information content (AvgIpc) is 2.86. The van der Waals surface area contributed by atoms with Gasteiger partial charge in [-0.25, -0.2) is 9.78 Å². The van der Waals surface area contributed by atoms with E-state index in [1.165, 1.54) is 10.6 Å². The third-order valence-corrected chi connectivity index (χ3v) is 4.98. The fraction of sp³-hybridized carbons (Fsp3) is 0.600. The molecule has 0 saturated heterocycles. The van der Waals surface area contributed by atoms with Crippen LogP contribution in [-0.4, -0.2) is 27.6 Å². The summed E-state index contributed by atoms with van der Waals surface area (Å²) in [5, 5.41) is 0. The monoisotopic (exact) mass is 308 g/mol. The average molecular weight is 308 g/mol. The lowest BCUT2D eigenvalue weighted by molar-refractivity contribution is -0.136. The fourth-order valence-electron chi connectivity index (χ4n) is 3.00. The zero-order chi connectivity index (χ0) is 15.4. The van der Waals surface area contributed by atoms with E-state index in [0.717, 1.165) is 11.4 Å². The van der Waals surface area contributed by atoms with Gasteiger partial charge < -0.3 is 9.47 Å². The summed E-state index contributed by atoms with van der Waals surface area (Å²) in [6.45, 7) is 10.5. The van der Waals surface area contributed by atoms with Crippen LogP contribution in [-0.2, 0) is 21.5 Å². The van der Waals surface area contributed by atoms with Gasteiger partial charge in [0.25, 0.3) is 0 Å². The highest BCUT2D eigenvalue weighted by atomic mass is 32.1. The number of nitrogens with zero attached hydrogens (tertiary/aromatic N) is 2. The molecule has 5 nitrogen and oxygen atoms in total. The molecule has 3 rings (SSSR count). The molecule has 0 radical (unpaired) electrons. The maximum absolute atomic E-state index is 11.8. The standard InChI is InChI=1S/C15H20N2O3S/c1-6-19-12(18)9-8-17-10-7-14(2,3)20-15(4,5)11(10)21-13(17)16-9/h8H,6-7H2,1-5H3. The quantitative estimate of drug-likeness (QED) is 0.800. The Kier molecular flexibility index (Phi) is 3.15. The first-order valence-electron chi connectivity index (χ1n) is 7.12. The van der Waals surface area contributed by atoms with E-state index in [2.05, 4.69) is 32.7 Å². The van der Waals surface area contributed by atoms with E-state index in [0.29, 0.717) is 12.3 Å². The Morgan fingerprint density at radius 3 is 2.86 bits per heavy atom. The summed E-state index contributed by atoms with van der Waals surface area (Å²) in [4.78, 5) is 18.2. The molecule has 21 heavy (non-hydrogen) atoms. The summed E-state index contributed by atoms with van der Waals surface area (Å²) in [6.07, 6.45) is 2.57. The minimum atomic E-state index is -0.368. The van der Waals surface area contributed by atoms with Gasteiger partial charge in [-0.05, 0) is 34.6 Å². The first-order valence-corrected chi connectivity index (χ1v) is 7.94. The zero-order valence-electron chi connectivity index (χ0n) is 13.0. The lowest BCUT2D eigenvalue weighted by Crippen LogP contribution is -2.42. The van der Waals surface area contributed by atoms with Crippen molar-refractivity contribution in [3.05, 3.63) is 22.5 Å². The molecule has 114 valence electrons. The van der Waals surface area contributed by atoms with Gasteiger partial charge in [0, 0.05) is 18.3 Å². The minimum Gasteiger partial charge on any atom is -0.461 e. The van der Waals surface area contributed by atoms with Gasteiger partial charge >= 0.3 is 5.97 Å². The van der Waals surface area contributed by atoms with E-state index in [4.69, 9.17) is 9.47 Å². The molecule has 6 heteroatoms. The van der Waals surface area contributed by atoms with Crippen LogP contribution >= 0.6 is 11.3 Å². The van der Waals surface area contributed by atoms with Crippen LogP contribution in [0.3, 0.4) is 0 Å². The summed E-state index contributed by atoms with van der Waals surface area (Å²) >= 11 is 1.58. The lowest BCUT2D eigenvalue weighted by atomic mass is 9.91. The Bertz CT molecular complexity index is 712. The molecule has 0 saturated carbocycles. The van der Waals surface area contributed by atoms with Crippen molar-refractivity contribution in [3.63, 3.8) is 0 Å². The lowest BCUT2D eigenvalue weighted by Gasteiger charge is -2.40. The molecule has 0 amide bonds. The molecule has 1 aliphatic rings. The smallest absolute Gasteiger partial charge is 0.358 e. The maximum atomic E-state index is 11.8. The second-order valence-electron chi connectivity index (χ2n) is 6.43. The highest BCUT2D eigenvalue weighted by Crippen LogP contribution is 2.43. The normalized spacial score (nSPS) is 19.5. The highest BCUT2D eigenvalue weighted by molar-refractivity contribution is 7.17. The molecule has 0 N–H and O–H groups in total. The fourth-order valence-corrected chi connectivity index (χ4v) is 4.17. The van der Waals surface area contributed by atoms with Crippen molar-refractivity contribution in [2.75, 3.05) is 6.61 Å². The van der Waals surface area contributed by atoms with Gasteiger partial charge in [-0.3, -0.25) is 4.40 Å². The predicted octanol–water partition coefficient (Wildman–Crippen LogP) is 3.16. The molecular weight excluding hydrogens is 288 g/mol. The predicted molar refractivity (Wildman–Crippen MR) is 80.9 cm³/mol. The number of hydrogen-bond acceptors (Lipinski definition) is 5. The number of aromatic nitrogens is 2. The molecule has 0 atom stereocenters. The van der Waals surface area contributed by atoms with Crippen LogP contribution in [0.1, 0.15) is 55.7 Å². The molecule has 0 bridgehead atoms. The van der Waals surface area contributed by atoms with E-state index >= 15 is 0 Å². The van der Waals surface area contributed by atoms with Crippen molar-refractivity contribution in [1.29, 1.82) is 0 Å². The Hall–Kier alpha value is -1.40. The molecule has 0 spiro atoms. The van der Waals surface area contributed by atoms with Crippen molar-refractivity contribution in [1.82, 2.24) is 9.38 Å². The summed E-state index contributed by atoms with van der Waals surface area (Å²) in [5.74, 6) is -0.368. The summed E-state index contributed by atoms with van der Waals surface area (Å²) < 4.78 is 13.2. The second-order valence-corrected chi connectivity index (χ2v) is 7.40. The van der Waals surface area contributed by atoms with E-state index in [1.54, 1.807) is 24.5 Å². The first kappa shape index (κ1) is 14.5. The van der Waals surface area contributed by atoms with E-state index in [-0.39, 0.29) is 17.2 Å². The number of fused-ring (bicyclic) bond motifs is 3. The molecule has 3 heterocycles. The Morgan fingerprint density at radius 1 is 1.48 bits per heavy atom. The third kappa shape index (κ3) is 2.36. The number of rotatable bonds is 2. The van der Waals surface area contributed by atoms with Crippen molar-refractivity contribution >= 4 is 22.3 Å². The van der Waals surface area contributed by atoms with Crippen LogP contribution in [0.4, 0.5) is 0 Å². The van der Waals surface area contributed by atoms with Gasteiger partial charge in [0.2, 0.25) is 0 Å². The Morgan fingerprint density at radius 2 is 2.19 bits per heavy atom. The number of esters is 1. The number of carbonyl (C=O) groups excluding carboxylic acids is 1. The molecular formula is C15H20N2O3S. The first-order chi connectivity index (χ1) is 9.73. The molecule has 0 aliphatic carbocycles. The third-order valence-electron chi connectivity index (χ3n) is 3.58. The van der Waals surface area contributed by atoms with Crippen LogP contribution in [0.2, 0.25) is 0 Å². The number of ether oxygens (including phenoxy) is 2. The maximum Gasteiger partial charge on any atom is 0.358 e. The molecule has 0 unspecified atom stereocenters. The summed E-state index contributed by atoms with van der Waals surface area (Å²) in [7, 11) is 0. The molecule has 1 aliphatic heterocycles. The van der Waals surface area contributed by atoms with Crippen LogP contribution in [0.25, 0.3) is 4.96 Å². The van der Waals surface area contributed by atoms with Crippen LogP contribution < -0.4 is 0 Å². The van der Waals surface area contributed by atoms with E-state index in [1.807, 2.05) is 4.40 Å². The van der Waals surface area contributed by atoms with Gasteiger partial charge in [0.1, 0.15) is 0 Å². The Balaban J connectivity index is 2.11. The Labute approximate surface area is 127 Å². The SMILES string of the molecule is CCOC(=O)c1cn2c3c(sc2n1)C(C)(C)OC(C)(C)C3. The van der Waals surface area contributed by atoms with Crippen molar-refractivity contribution in [2.45, 2.75) is 52.2 Å². The van der Waals surface area contributed by atoms with Crippen molar-refractivity contribution in [2.24, 2.45) is 0 Å². The highest BCUT2D eigenvalue weighted by Gasteiger charge is 2.41. The molecule has 0 fully saturated rings. The summed E-state index contributed by atoms with van der Waals surface area (Å²) in [6, 6.07) is 0. The number of hydrogen-bond donors (Lipinski definition) is 0. The zero-order valence-corrected chi connectivity index (χ0v) is 13.8. The van der Waals surface area contributed by atoms with Crippen LogP contribution in [0.15, 0.2) is 6.20 Å².